The van der Waals surface area contributed by atoms with Crippen LogP contribution in [0.3, 0.4) is 0 Å². The number of amides is 1. The SMILES string of the molecule is C[C@H]1C(=O)NC[C@@H]2CN(CC3CC3)C[C@@H]21. The molecule has 2 aliphatic heterocycles. The highest BCUT2D eigenvalue weighted by Gasteiger charge is 2.42. The number of nitrogens with zero attached hydrogens (tertiary/aromatic N) is 1. The lowest BCUT2D eigenvalue weighted by atomic mass is 9.81. The van der Waals surface area contributed by atoms with Crippen molar-refractivity contribution in [3.05, 3.63) is 0 Å². The first-order chi connectivity index (χ1) is 7.24. The quantitative estimate of drug-likeness (QED) is 0.725. The molecule has 3 nitrogen and oxygen atoms in total. The van der Waals surface area contributed by atoms with E-state index in [4.69, 9.17) is 0 Å². The van der Waals surface area contributed by atoms with Gasteiger partial charge in [-0.1, -0.05) is 6.92 Å². The molecule has 0 radical (unpaired) electrons. The van der Waals surface area contributed by atoms with Gasteiger partial charge in [0.15, 0.2) is 0 Å². The number of carbonyl (C=O) groups excluding carboxylic acids is 1. The van der Waals surface area contributed by atoms with Crippen LogP contribution in [0.5, 0.6) is 0 Å². The Hall–Kier alpha value is -0.570. The minimum Gasteiger partial charge on any atom is -0.356 e. The largest absolute Gasteiger partial charge is 0.356 e. The molecule has 0 aromatic heterocycles. The summed E-state index contributed by atoms with van der Waals surface area (Å²) in [5.74, 6) is 2.82. The van der Waals surface area contributed by atoms with E-state index in [-0.39, 0.29) is 11.8 Å². The Bertz CT molecular complexity index is 275. The zero-order valence-corrected chi connectivity index (χ0v) is 9.41. The minimum atomic E-state index is 0.230. The molecule has 2 heterocycles. The Kier molecular flexibility index (Phi) is 2.23. The van der Waals surface area contributed by atoms with Crippen molar-refractivity contribution in [3.63, 3.8) is 0 Å². The summed E-state index contributed by atoms with van der Waals surface area (Å²) in [7, 11) is 0. The Balaban J connectivity index is 1.63. The zero-order valence-electron chi connectivity index (χ0n) is 9.41. The van der Waals surface area contributed by atoms with E-state index in [1.54, 1.807) is 0 Å². The third-order valence-electron chi connectivity index (χ3n) is 4.37. The molecule has 0 aromatic carbocycles. The average molecular weight is 208 g/mol. The molecular weight excluding hydrogens is 188 g/mol. The molecule has 3 heteroatoms. The van der Waals surface area contributed by atoms with Gasteiger partial charge in [-0.05, 0) is 30.6 Å². The van der Waals surface area contributed by atoms with E-state index in [0.29, 0.717) is 5.92 Å². The molecular formula is C12H20N2O. The number of rotatable bonds is 2. The fourth-order valence-electron chi connectivity index (χ4n) is 3.17. The Morgan fingerprint density at radius 1 is 1.40 bits per heavy atom. The predicted octanol–water partition coefficient (Wildman–Crippen LogP) is 0.710. The summed E-state index contributed by atoms with van der Waals surface area (Å²) >= 11 is 0. The van der Waals surface area contributed by atoms with Gasteiger partial charge in [0.25, 0.3) is 0 Å². The van der Waals surface area contributed by atoms with Crippen molar-refractivity contribution < 1.29 is 4.79 Å². The molecule has 0 bridgehead atoms. The van der Waals surface area contributed by atoms with Crippen molar-refractivity contribution in [2.24, 2.45) is 23.7 Å². The minimum absolute atomic E-state index is 0.230. The molecule has 1 aliphatic carbocycles. The van der Waals surface area contributed by atoms with Crippen molar-refractivity contribution in [3.8, 4) is 0 Å². The van der Waals surface area contributed by atoms with Crippen molar-refractivity contribution in [1.82, 2.24) is 10.2 Å². The van der Waals surface area contributed by atoms with Gasteiger partial charge in [-0.15, -0.1) is 0 Å². The highest BCUT2D eigenvalue weighted by Crippen LogP contribution is 2.36. The van der Waals surface area contributed by atoms with Crippen LogP contribution in [0.2, 0.25) is 0 Å². The fourth-order valence-corrected chi connectivity index (χ4v) is 3.17. The number of nitrogens with one attached hydrogen (secondary N) is 1. The predicted molar refractivity (Wildman–Crippen MR) is 58.3 cm³/mol. The molecule has 0 aromatic rings. The van der Waals surface area contributed by atoms with Gasteiger partial charge in [0.05, 0.1) is 0 Å². The van der Waals surface area contributed by atoms with E-state index < -0.39 is 0 Å². The van der Waals surface area contributed by atoms with Crippen LogP contribution in [0.1, 0.15) is 19.8 Å². The second-order valence-corrected chi connectivity index (χ2v) is 5.62. The van der Waals surface area contributed by atoms with Gasteiger partial charge in [0.2, 0.25) is 5.91 Å². The van der Waals surface area contributed by atoms with E-state index in [2.05, 4.69) is 17.1 Å². The van der Waals surface area contributed by atoms with Crippen molar-refractivity contribution in [1.29, 1.82) is 0 Å². The number of likely N-dealkylation sites (tertiary alicyclic amines) is 1. The van der Waals surface area contributed by atoms with Crippen molar-refractivity contribution >= 4 is 5.91 Å². The van der Waals surface area contributed by atoms with Gasteiger partial charge >= 0.3 is 0 Å². The first-order valence-corrected chi connectivity index (χ1v) is 6.24. The molecule has 0 spiro atoms. The molecule has 3 aliphatic rings. The lowest BCUT2D eigenvalue weighted by Crippen LogP contribution is -2.46. The van der Waals surface area contributed by atoms with Gasteiger partial charge in [0.1, 0.15) is 0 Å². The molecule has 0 unspecified atom stereocenters. The summed E-state index contributed by atoms with van der Waals surface area (Å²) in [4.78, 5) is 14.1. The van der Waals surface area contributed by atoms with E-state index in [1.807, 2.05) is 0 Å². The first kappa shape index (κ1) is 9.64. The molecule has 84 valence electrons. The van der Waals surface area contributed by atoms with Crippen LogP contribution >= 0.6 is 0 Å². The van der Waals surface area contributed by atoms with Crippen LogP contribution in [0.15, 0.2) is 0 Å². The van der Waals surface area contributed by atoms with Gasteiger partial charge in [-0.2, -0.15) is 0 Å². The summed E-state index contributed by atoms with van der Waals surface area (Å²) in [6, 6.07) is 0. The average Bonchev–Trinajstić information content (AvgIpc) is 2.91. The summed E-state index contributed by atoms with van der Waals surface area (Å²) in [5, 5.41) is 3.03. The summed E-state index contributed by atoms with van der Waals surface area (Å²) < 4.78 is 0. The van der Waals surface area contributed by atoms with Crippen LogP contribution < -0.4 is 5.32 Å². The van der Waals surface area contributed by atoms with Gasteiger partial charge in [-0.3, -0.25) is 4.79 Å². The van der Waals surface area contributed by atoms with Crippen LogP contribution in [-0.4, -0.2) is 37.0 Å². The standard InChI is InChI=1S/C12H20N2O/c1-8-11-7-14(5-9-2-3-9)6-10(11)4-13-12(8)15/h8-11H,2-7H2,1H3,(H,13,15)/t8-,10-,11-/m1/s1. The lowest BCUT2D eigenvalue weighted by molar-refractivity contribution is -0.128. The number of piperidine rings is 1. The Morgan fingerprint density at radius 2 is 2.20 bits per heavy atom. The van der Waals surface area contributed by atoms with Crippen LogP contribution in [-0.2, 0) is 4.79 Å². The second-order valence-electron chi connectivity index (χ2n) is 5.62. The summed E-state index contributed by atoms with van der Waals surface area (Å²) in [5.41, 5.74) is 0. The van der Waals surface area contributed by atoms with Gasteiger partial charge in [0, 0.05) is 32.1 Å². The highest BCUT2D eigenvalue weighted by atomic mass is 16.1. The first-order valence-electron chi connectivity index (χ1n) is 6.24. The van der Waals surface area contributed by atoms with Crippen LogP contribution in [0.25, 0.3) is 0 Å². The molecule has 1 saturated carbocycles. The maximum atomic E-state index is 11.5. The number of fused-ring (bicyclic) bond motifs is 1. The highest BCUT2D eigenvalue weighted by molar-refractivity contribution is 5.79. The summed E-state index contributed by atoms with van der Waals surface area (Å²) in [6.07, 6.45) is 2.86. The maximum Gasteiger partial charge on any atom is 0.223 e. The van der Waals surface area contributed by atoms with Crippen LogP contribution in [0, 0.1) is 23.7 Å². The molecule has 3 atom stereocenters. The molecule has 3 rings (SSSR count). The Morgan fingerprint density at radius 3 is 2.93 bits per heavy atom. The normalized spacial score (nSPS) is 41.4. The monoisotopic (exact) mass is 208 g/mol. The maximum absolute atomic E-state index is 11.5. The molecule has 1 amide bonds. The molecule has 3 fully saturated rings. The zero-order chi connectivity index (χ0) is 10.4. The molecule has 2 saturated heterocycles. The fraction of sp³-hybridized carbons (Fsp3) is 0.917. The van der Waals surface area contributed by atoms with E-state index in [9.17, 15) is 4.79 Å². The summed E-state index contributed by atoms with van der Waals surface area (Å²) in [6.45, 7) is 6.66. The van der Waals surface area contributed by atoms with Crippen LogP contribution in [0.4, 0.5) is 0 Å². The number of hydrogen-bond acceptors (Lipinski definition) is 2. The molecule has 15 heavy (non-hydrogen) atoms. The topological polar surface area (TPSA) is 32.3 Å². The molecule has 1 N–H and O–H groups in total. The van der Waals surface area contributed by atoms with E-state index >= 15 is 0 Å². The van der Waals surface area contributed by atoms with Gasteiger partial charge in [-0.25, -0.2) is 0 Å². The van der Waals surface area contributed by atoms with Crippen molar-refractivity contribution in [2.45, 2.75) is 19.8 Å². The van der Waals surface area contributed by atoms with E-state index in [1.165, 1.54) is 25.9 Å². The lowest BCUT2D eigenvalue weighted by Gasteiger charge is -2.30. The second kappa shape index (κ2) is 3.48. The Labute approximate surface area is 91.2 Å². The number of hydrogen-bond donors (Lipinski definition) is 1. The van der Waals surface area contributed by atoms with Crippen molar-refractivity contribution in [2.75, 3.05) is 26.2 Å². The third kappa shape index (κ3) is 1.78. The third-order valence-corrected chi connectivity index (χ3v) is 4.37. The van der Waals surface area contributed by atoms with Gasteiger partial charge < -0.3 is 10.2 Å². The number of carbonyl (C=O) groups is 1. The van der Waals surface area contributed by atoms with E-state index in [0.717, 1.165) is 24.9 Å². The smallest absolute Gasteiger partial charge is 0.223 e.